The monoisotopic (exact) mass is 551 g/mol. The van der Waals surface area contributed by atoms with Crippen LogP contribution in [0, 0.1) is 0 Å². The maximum absolute atomic E-state index is 12.2. The van der Waals surface area contributed by atoms with Crippen LogP contribution in [0.15, 0.2) is 82.1 Å². The van der Waals surface area contributed by atoms with E-state index in [2.05, 4.69) is 37.7 Å². The van der Waals surface area contributed by atoms with Gasteiger partial charge >= 0.3 is 0 Å². The van der Waals surface area contributed by atoms with E-state index in [1.165, 1.54) is 11.3 Å². The molecule has 0 saturated carbocycles. The summed E-state index contributed by atoms with van der Waals surface area (Å²) in [6.45, 7) is 1.04. The van der Waals surface area contributed by atoms with Crippen molar-refractivity contribution >= 4 is 56.2 Å². The second-order valence-electron chi connectivity index (χ2n) is 7.60. The van der Waals surface area contributed by atoms with Crippen molar-refractivity contribution in [3.63, 3.8) is 0 Å². The van der Waals surface area contributed by atoms with Gasteiger partial charge < -0.3 is 10.6 Å². The average Bonchev–Trinajstić information content (AvgIpc) is 3.52. The van der Waals surface area contributed by atoms with E-state index in [0.29, 0.717) is 29.3 Å². The molecule has 5 rings (SSSR count). The number of fused-ring (bicyclic) bond motifs is 1. The van der Waals surface area contributed by atoms with Crippen molar-refractivity contribution in [1.29, 1.82) is 0 Å². The van der Waals surface area contributed by atoms with E-state index in [1.54, 1.807) is 10.7 Å². The Bertz CT molecular complexity index is 1470. The van der Waals surface area contributed by atoms with E-state index in [0.717, 1.165) is 32.7 Å². The number of aromatic nitrogens is 3. The Balaban J connectivity index is 1.35. The minimum atomic E-state index is -0.0692. The Kier molecular flexibility index (Phi) is 6.62. The Morgan fingerprint density at radius 3 is 2.68 bits per heavy atom. The van der Waals surface area contributed by atoms with Crippen LogP contribution >= 0.6 is 38.9 Å². The molecule has 0 aliphatic carbocycles. The van der Waals surface area contributed by atoms with Gasteiger partial charge in [-0.1, -0.05) is 54.1 Å². The number of amides is 1. The normalized spacial score (nSPS) is 11.0. The summed E-state index contributed by atoms with van der Waals surface area (Å²) in [6, 6.07) is 19.5. The number of thiophene rings is 1. The molecule has 0 unspecified atom stereocenters. The van der Waals surface area contributed by atoms with E-state index >= 15 is 0 Å². The van der Waals surface area contributed by atoms with Gasteiger partial charge in [0.05, 0.1) is 16.4 Å². The van der Waals surface area contributed by atoms with Gasteiger partial charge in [0.25, 0.3) is 5.91 Å². The van der Waals surface area contributed by atoms with E-state index in [9.17, 15) is 4.79 Å². The van der Waals surface area contributed by atoms with Crippen molar-refractivity contribution in [3.05, 3.63) is 104 Å². The summed E-state index contributed by atoms with van der Waals surface area (Å²) in [7, 11) is 0. The third kappa shape index (κ3) is 4.84. The first-order valence-corrected chi connectivity index (χ1v) is 12.6. The molecule has 0 bridgehead atoms. The quantitative estimate of drug-likeness (QED) is 0.245. The maximum atomic E-state index is 12.2. The molecule has 34 heavy (non-hydrogen) atoms. The van der Waals surface area contributed by atoms with Gasteiger partial charge in [-0.3, -0.25) is 4.79 Å². The fourth-order valence-electron chi connectivity index (χ4n) is 3.59. The smallest absolute Gasteiger partial charge is 0.252 e. The summed E-state index contributed by atoms with van der Waals surface area (Å²) >= 11 is 11.5. The second-order valence-corrected chi connectivity index (χ2v) is 9.64. The SMILES string of the molecule is O=C(NCc1cccc(CNc2cc(-c3ccccc3Cl)nc3c(Br)cnn23)c1)c1ccsc1. The molecule has 5 aromatic rings. The standard InChI is InChI=1S/C25H19BrClN5OS/c26-20-14-30-32-23(11-22(31-24(20)32)19-6-1-2-7-21(19)27)28-12-16-4-3-5-17(10-16)13-29-25(33)18-8-9-34-15-18/h1-11,14-15,28H,12-13H2,(H,29,33). The van der Waals surface area contributed by atoms with Crippen LogP contribution in [0.3, 0.4) is 0 Å². The predicted molar refractivity (Wildman–Crippen MR) is 140 cm³/mol. The molecule has 9 heteroatoms. The van der Waals surface area contributed by atoms with Crippen molar-refractivity contribution in [1.82, 2.24) is 19.9 Å². The lowest BCUT2D eigenvalue weighted by Crippen LogP contribution is -2.22. The Hall–Kier alpha value is -3.20. The number of hydrogen-bond donors (Lipinski definition) is 2. The molecule has 6 nitrogen and oxygen atoms in total. The number of halogens is 2. The number of nitrogens with zero attached hydrogens (tertiary/aromatic N) is 3. The zero-order valence-corrected chi connectivity index (χ0v) is 21.0. The lowest BCUT2D eigenvalue weighted by Gasteiger charge is -2.12. The van der Waals surface area contributed by atoms with Gasteiger partial charge in [-0.25, -0.2) is 4.98 Å². The summed E-state index contributed by atoms with van der Waals surface area (Å²) < 4.78 is 2.56. The zero-order chi connectivity index (χ0) is 23.5. The van der Waals surface area contributed by atoms with E-state index in [-0.39, 0.29) is 5.91 Å². The van der Waals surface area contributed by atoms with E-state index in [4.69, 9.17) is 16.6 Å². The second kappa shape index (κ2) is 9.97. The summed E-state index contributed by atoms with van der Waals surface area (Å²) in [6.07, 6.45) is 1.72. The van der Waals surface area contributed by atoms with Crippen LogP contribution < -0.4 is 10.6 Å². The number of carbonyl (C=O) groups excluding carboxylic acids is 1. The number of benzene rings is 2. The highest BCUT2D eigenvalue weighted by Crippen LogP contribution is 2.30. The molecular weight excluding hydrogens is 534 g/mol. The summed E-state index contributed by atoms with van der Waals surface area (Å²) in [4.78, 5) is 17.0. The molecule has 0 spiro atoms. The van der Waals surface area contributed by atoms with Crippen molar-refractivity contribution in [2.75, 3.05) is 5.32 Å². The minimum Gasteiger partial charge on any atom is -0.366 e. The third-order valence-electron chi connectivity index (χ3n) is 5.28. The zero-order valence-electron chi connectivity index (χ0n) is 17.8. The van der Waals surface area contributed by atoms with Gasteiger partial charge in [0, 0.05) is 40.7 Å². The van der Waals surface area contributed by atoms with Crippen LogP contribution in [-0.4, -0.2) is 20.5 Å². The molecule has 0 radical (unpaired) electrons. The van der Waals surface area contributed by atoms with Crippen molar-refractivity contribution in [2.45, 2.75) is 13.1 Å². The predicted octanol–water partition coefficient (Wildman–Crippen LogP) is 6.42. The highest BCUT2D eigenvalue weighted by molar-refractivity contribution is 9.10. The van der Waals surface area contributed by atoms with Crippen LogP contribution in [0.2, 0.25) is 5.02 Å². The molecule has 2 aromatic carbocycles. The first kappa shape index (κ1) is 22.6. The fraction of sp³-hybridized carbons (Fsp3) is 0.0800. The molecule has 0 atom stereocenters. The van der Waals surface area contributed by atoms with Gasteiger partial charge in [-0.2, -0.15) is 21.0 Å². The molecule has 170 valence electrons. The van der Waals surface area contributed by atoms with Gasteiger partial charge in [0.1, 0.15) is 5.82 Å². The lowest BCUT2D eigenvalue weighted by atomic mass is 10.1. The minimum absolute atomic E-state index is 0.0692. The van der Waals surface area contributed by atoms with Crippen LogP contribution in [0.5, 0.6) is 0 Å². The summed E-state index contributed by atoms with van der Waals surface area (Å²) in [5, 5.41) is 15.3. The summed E-state index contributed by atoms with van der Waals surface area (Å²) in [5.41, 5.74) is 5.10. The van der Waals surface area contributed by atoms with Gasteiger partial charge in [-0.15, -0.1) is 0 Å². The average molecular weight is 553 g/mol. The number of nitrogens with one attached hydrogen (secondary N) is 2. The highest BCUT2D eigenvalue weighted by atomic mass is 79.9. The fourth-order valence-corrected chi connectivity index (χ4v) is 4.81. The Morgan fingerprint density at radius 1 is 1.06 bits per heavy atom. The van der Waals surface area contributed by atoms with Crippen molar-refractivity contribution in [2.24, 2.45) is 0 Å². The number of carbonyl (C=O) groups is 1. The molecule has 0 aliphatic heterocycles. The molecule has 2 N–H and O–H groups in total. The van der Waals surface area contributed by atoms with Crippen LogP contribution in [-0.2, 0) is 13.1 Å². The number of rotatable bonds is 7. The molecule has 0 saturated heterocycles. The third-order valence-corrected chi connectivity index (χ3v) is 6.85. The maximum Gasteiger partial charge on any atom is 0.252 e. The molecule has 1 amide bonds. The van der Waals surface area contributed by atoms with Crippen LogP contribution in [0.25, 0.3) is 16.9 Å². The van der Waals surface area contributed by atoms with E-state index in [1.807, 2.05) is 65.4 Å². The largest absolute Gasteiger partial charge is 0.366 e. The first-order valence-electron chi connectivity index (χ1n) is 10.5. The van der Waals surface area contributed by atoms with Crippen molar-refractivity contribution < 1.29 is 4.79 Å². The highest BCUT2D eigenvalue weighted by Gasteiger charge is 2.13. The molecule has 0 aliphatic rings. The van der Waals surface area contributed by atoms with Crippen LogP contribution in [0.4, 0.5) is 5.82 Å². The first-order chi connectivity index (χ1) is 16.6. The Morgan fingerprint density at radius 2 is 1.88 bits per heavy atom. The van der Waals surface area contributed by atoms with Crippen LogP contribution in [0.1, 0.15) is 21.5 Å². The number of hydrogen-bond acceptors (Lipinski definition) is 5. The summed E-state index contributed by atoms with van der Waals surface area (Å²) in [5.74, 6) is 0.724. The van der Waals surface area contributed by atoms with Crippen molar-refractivity contribution in [3.8, 4) is 11.3 Å². The molecule has 0 fully saturated rings. The molecular formula is C25H19BrClN5OS. The van der Waals surface area contributed by atoms with Gasteiger partial charge in [0.15, 0.2) is 5.65 Å². The lowest BCUT2D eigenvalue weighted by molar-refractivity contribution is 0.0951. The van der Waals surface area contributed by atoms with E-state index < -0.39 is 0 Å². The van der Waals surface area contributed by atoms with Gasteiger partial charge in [0.2, 0.25) is 0 Å². The number of anilines is 1. The Labute approximate surface area is 213 Å². The van der Waals surface area contributed by atoms with Gasteiger partial charge in [-0.05, 0) is 44.6 Å². The topological polar surface area (TPSA) is 71.3 Å². The molecule has 3 heterocycles. The molecule has 3 aromatic heterocycles.